The fraction of sp³-hybridized carbons (Fsp3) is 0.500. The van der Waals surface area contributed by atoms with E-state index in [2.05, 4.69) is 5.32 Å². The third kappa shape index (κ3) is 5.58. The number of nitrogens with zero attached hydrogens (tertiary/aromatic N) is 1. The first-order chi connectivity index (χ1) is 11.0. The van der Waals surface area contributed by atoms with Gasteiger partial charge in [0, 0.05) is 30.8 Å². The predicted molar refractivity (Wildman–Crippen MR) is 93.8 cm³/mol. The Labute approximate surface area is 147 Å². The Balaban J connectivity index is 0.00000288. The van der Waals surface area contributed by atoms with Crippen molar-refractivity contribution < 1.29 is 19.1 Å². The van der Waals surface area contributed by atoms with E-state index < -0.39 is 0 Å². The number of likely N-dealkylation sites (N-methyl/N-ethyl adjacent to an activating group) is 1. The lowest BCUT2D eigenvalue weighted by atomic mass is 10.2. The fourth-order valence-corrected chi connectivity index (χ4v) is 2.28. The standard InChI is InChI=1S/C16H23N3O4.ClH/c1-3-19(16(21)8-11(2)17)10-15(20)18-12-4-5-13-14(9-12)23-7-6-22-13;/h4-5,9,11H,3,6-8,10,17H2,1-2H3,(H,18,20);1H. The van der Waals surface area contributed by atoms with Crippen molar-refractivity contribution in [2.75, 3.05) is 31.6 Å². The largest absolute Gasteiger partial charge is 0.486 e. The molecule has 7 nitrogen and oxygen atoms in total. The number of rotatable bonds is 6. The van der Waals surface area contributed by atoms with Crippen molar-refractivity contribution in [3.05, 3.63) is 18.2 Å². The molecule has 2 amide bonds. The van der Waals surface area contributed by atoms with Crippen LogP contribution in [0.2, 0.25) is 0 Å². The molecule has 1 aromatic rings. The van der Waals surface area contributed by atoms with E-state index in [-0.39, 0.29) is 43.2 Å². The van der Waals surface area contributed by atoms with Gasteiger partial charge in [-0.1, -0.05) is 0 Å². The van der Waals surface area contributed by atoms with Gasteiger partial charge in [0.25, 0.3) is 0 Å². The van der Waals surface area contributed by atoms with Crippen molar-refractivity contribution >= 4 is 29.9 Å². The van der Waals surface area contributed by atoms with E-state index in [1.165, 1.54) is 4.90 Å². The van der Waals surface area contributed by atoms with Crippen LogP contribution >= 0.6 is 12.4 Å². The minimum absolute atomic E-state index is 0. The highest BCUT2D eigenvalue weighted by atomic mass is 35.5. The van der Waals surface area contributed by atoms with Crippen molar-refractivity contribution in [1.29, 1.82) is 0 Å². The van der Waals surface area contributed by atoms with Gasteiger partial charge in [0.1, 0.15) is 13.2 Å². The van der Waals surface area contributed by atoms with E-state index >= 15 is 0 Å². The van der Waals surface area contributed by atoms with Gasteiger partial charge < -0.3 is 25.4 Å². The molecular weight excluding hydrogens is 334 g/mol. The number of hydrogen-bond donors (Lipinski definition) is 2. The van der Waals surface area contributed by atoms with Crippen LogP contribution < -0.4 is 20.5 Å². The van der Waals surface area contributed by atoms with Crippen molar-refractivity contribution in [2.24, 2.45) is 5.73 Å². The average Bonchev–Trinajstić information content (AvgIpc) is 2.51. The van der Waals surface area contributed by atoms with Gasteiger partial charge in [-0.25, -0.2) is 0 Å². The normalized spacial score (nSPS) is 13.5. The Bertz CT molecular complexity index is 580. The van der Waals surface area contributed by atoms with E-state index in [0.717, 1.165) is 0 Å². The van der Waals surface area contributed by atoms with Crippen LogP contribution in [-0.4, -0.2) is 49.1 Å². The summed E-state index contributed by atoms with van der Waals surface area (Å²) in [4.78, 5) is 25.6. The van der Waals surface area contributed by atoms with Gasteiger partial charge in [-0.15, -0.1) is 12.4 Å². The predicted octanol–water partition coefficient (Wildman–Crippen LogP) is 1.40. The van der Waals surface area contributed by atoms with E-state index in [1.807, 2.05) is 6.92 Å². The van der Waals surface area contributed by atoms with Gasteiger partial charge in [-0.2, -0.15) is 0 Å². The Kier molecular flexibility index (Phi) is 7.81. The second-order valence-corrected chi connectivity index (χ2v) is 5.50. The molecule has 1 atom stereocenters. The molecule has 0 fully saturated rings. The Morgan fingerprint density at radius 3 is 2.58 bits per heavy atom. The summed E-state index contributed by atoms with van der Waals surface area (Å²) in [5.41, 5.74) is 6.24. The van der Waals surface area contributed by atoms with Gasteiger partial charge in [-0.05, 0) is 26.0 Å². The minimum atomic E-state index is -0.262. The first-order valence-electron chi connectivity index (χ1n) is 7.72. The number of amides is 2. The summed E-state index contributed by atoms with van der Waals surface area (Å²) in [6.45, 7) is 5.06. The Morgan fingerprint density at radius 2 is 1.96 bits per heavy atom. The van der Waals surface area contributed by atoms with Crippen molar-refractivity contribution in [1.82, 2.24) is 4.90 Å². The van der Waals surface area contributed by atoms with E-state index in [1.54, 1.807) is 25.1 Å². The molecule has 1 aliphatic heterocycles. The van der Waals surface area contributed by atoms with Crippen LogP contribution in [0.5, 0.6) is 11.5 Å². The zero-order valence-electron chi connectivity index (χ0n) is 13.9. The number of anilines is 1. The van der Waals surface area contributed by atoms with Gasteiger partial charge in [0.2, 0.25) is 11.8 Å². The maximum Gasteiger partial charge on any atom is 0.243 e. The quantitative estimate of drug-likeness (QED) is 0.802. The fourth-order valence-electron chi connectivity index (χ4n) is 2.28. The van der Waals surface area contributed by atoms with Crippen molar-refractivity contribution in [2.45, 2.75) is 26.3 Å². The summed E-state index contributed by atoms with van der Waals surface area (Å²) in [6, 6.07) is 4.98. The topological polar surface area (TPSA) is 93.9 Å². The molecule has 3 N–H and O–H groups in total. The number of carbonyl (C=O) groups is 2. The molecule has 0 aliphatic carbocycles. The van der Waals surface area contributed by atoms with E-state index in [0.29, 0.717) is 36.9 Å². The van der Waals surface area contributed by atoms with E-state index in [4.69, 9.17) is 15.2 Å². The monoisotopic (exact) mass is 357 g/mol. The number of fused-ring (bicyclic) bond motifs is 1. The highest BCUT2D eigenvalue weighted by Crippen LogP contribution is 2.32. The molecular formula is C16H24ClN3O4. The van der Waals surface area contributed by atoms with Gasteiger partial charge in [0.05, 0.1) is 6.54 Å². The average molecular weight is 358 g/mol. The molecule has 0 bridgehead atoms. The molecule has 0 spiro atoms. The van der Waals surface area contributed by atoms with Gasteiger partial charge in [0.15, 0.2) is 11.5 Å². The summed E-state index contributed by atoms with van der Waals surface area (Å²) >= 11 is 0. The highest BCUT2D eigenvalue weighted by molar-refractivity contribution is 5.94. The molecule has 1 aliphatic rings. The number of hydrogen-bond acceptors (Lipinski definition) is 5. The summed E-state index contributed by atoms with van der Waals surface area (Å²) in [5, 5.41) is 2.77. The molecule has 134 valence electrons. The third-order valence-corrected chi connectivity index (χ3v) is 3.39. The van der Waals surface area contributed by atoms with Crippen LogP contribution in [0.1, 0.15) is 20.3 Å². The molecule has 24 heavy (non-hydrogen) atoms. The van der Waals surface area contributed by atoms with Crippen molar-refractivity contribution in [3.8, 4) is 11.5 Å². The Hall–Kier alpha value is -1.99. The molecule has 1 heterocycles. The lowest BCUT2D eigenvalue weighted by molar-refractivity contribution is -0.134. The first-order valence-corrected chi connectivity index (χ1v) is 7.72. The molecule has 0 aromatic heterocycles. The maximum absolute atomic E-state index is 12.1. The summed E-state index contributed by atoms with van der Waals surface area (Å²) < 4.78 is 10.9. The van der Waals surface area contributed by atoms with Crippen LogP contribution in [-0.2, 0) is 9.59 Å². The van der Waals surface area contributed by atoms with Crippen molar-refractivity contribution in [3.63, 3.8) is 0 Å². The molecule has 1 unspecified atom stereocenters. The summed E-state index contributed by atoms with van der Waals surface area (Å²) in [7, 11) is 0. The number of halogens is 1. The number of nitrogens with one attached hydrogen (secondary N) is 1. The summed E-state index contributed by atoms with van der Waals surface area (Å²) in [6.07, 6.45) is 0.227. The number of nitrogens with two attached hydrogens (primary N) is 1. The zero-order chi connectivity index (χ0) is 16.8. The van der Waals surface area contributed by atoms with Crippen LogP contribution in [0, 0.1) is 0 Å². The lowest BCUT2D eigenvalue weighted by Gasteiger charge is -2.22. The lowest BCUT2D eigenvalue weighted by Crippen LogP contribution is -2.40. The second kappa shape index (κ2) is 9.34. The highest BCUT2D eigenvalue weighted by Gasteiger charge is 2.18. The Morgan fingerprint density at radius 1 is 1.29 bits per heavy atom. The molecule has 8 heteroatoms. The SMILES string of the molecule is CCN(CC(=O)Nc1ccc2c(c1)OCCO2)C(=O)CC(C)N.Cl. The molecule has 2 rings (SSSR count). The summed E-state index contributed by atoms with van der Waals surface area (Å²) in [5.74, 6) is 0.882. The first kappa shape index (κ1) is 20.1. The molecule has 0 saturated carbocycles. The minimum Gasteiger partial charge on any atom is -0.486 e. The van der Waals surface area contributed by atoms with Gasteiger partial charge >= 0.3 is 0 Å². The molecule has 1 aromatic carbocycles. The smallest absolute Gasteiger partial charge is 0.243 e. The number of ether oxygens (including phenoxy) is 2. The number of carbonyl (C=O) groups excluding carboxylic acids is 2. The van der Waals surface area contributed by atoms with Crippen LogP contribution in [0.4, 0.5) is 5.69 Å². The van der Waals surface area contributed by atoms with Crippen LogP contribution in [0.15, 0.2) is 18.2 Å². The maximum atomic E-state index is 12.1. The third-order valence-electron chi connectivity index (χ3n) is 3.39. The van der Waals surface area contributed by atoms with Crippen LogP contribution in [0.25, 0.3) is 0 Å². The van der Waals surface area contributed by atoms with Gasteiger partial charge in [-0.3, -0.25) is 9.59 Å². The molecule has 0 radical (unpaired) electrons. The van der Waals surface area contributed by atoms with Crippen LogP contribution in [0.3, 0.4) is 0 Å². The zero-order valence-corrected chi connectivity index (χ0v) is 14.7. The van der Waals surface area contributed by atoms with E-state index in [9.17, 15) is 9.59 Å². The second-order valence-electron chi connectivity index (χ2n) is 5.50. The number of benzene rings is 1. The molecule has 0 saturated heterocycles.